The van der Waals surface area contributed by atoms with Gasteiger partial charge in [0.05, 0.1) is 35.7 Å². The molecule has 2 heterocycles. The molecule has 6 aromatic rings. The number of aromatic nitrogens is 4. The maximum Gasteiger partial charge on any atom is 0.420 e. The Labute approximate surface area is 247 Å². The van der Waals surface area contributed by atoms with E-state index in [1.165, 1.54) is 59.3 Å². The van der Waals surface area contributed by atoms with Crippen LogP contribution in [-0.2, 0) is 12.7 Å². The Bertz CT molecular complexity index is 2060. The van der Waals surface area contributed by atoms with Gasteiger partial charge in [-0.05, 0) is 67.9 Å². The third-order valence-corrected chi connectivity index (χ3v) is 7.27. The van der Waals surface area contributed by atoms with Crippen molar-refractivity contribution in [2.24, 2.45) is 0 Å². The molecule has 0 unspecified atom stereocenters. The van der Waals surface area contributed by atoms with Gasteiger partial charge < -0.3 is 9.30 Å². The molecule has 222 valence electrons. The van der Waals surface area contributed by atoms with Crippen molar-refractivity contribution in [1.29, 1.82) is 0 Å². The van der Waals surface area contributed by atoms with Crippen LogP contribution in [0.3, 0.4) is 0 Å². The first-order chi connectivity index (χ1) is 21.0. The van der Waals surface area contributed by atoms with Gasteiger partial charge in [0.25, 0.3) is 5.56 Å². The summed E-state index contributed by atoms with van der Waals surface area (Å²) in [5.74, 6) is -2.03. The molecular weight excluding hydrogens is 579 g/mol. The molecule has 6 nitrogen and oxygen atoms in total. The molecule has 0 aliphatic heterocycles. The van der Waals surface area contributed by atoms with E-state index < -0.39 is 34.7 Å². The van der Waals surface area contributed by atoms with Crippen LogP contribution in [0, 0.1) is 25.5 Å². The lowest BCUT2D eigenvalue weighted by atomic mass is 9.99. The van der Waals surface area contributed by atoms with Crippen LogP contribution in [-0.4, -0.2) is 19.3 Å². The van der Waals surface area contributed by atoms with E-state index in [2.05, 4.69) is 10.1 Å². The number of benzene rings is 4. The summed E-state index contributed by atoms with van der Waals surface area (Å²) in [5.41, 5.74) is 0.110. The first-order valence-corrected chi connectivity index (χ1v) is 13.4. The quantitative estimate of drug-likeness (QED) is 0.181. The van der Waals surface area contributed by atoms with Crippen molar-refractivity contribution < 1.29 is 26.7 Å². The first-order valence-electron chi connectivity index (χ1n) is 13.4. The summed E-state index contributed by atoms with van der Waals surface area (Å²) in [7, 11) is 0. The lowest BCUT2D eigenvalue weighted by Gasteiger charge is -2.18. The van der Waals surface area contributed by atoms with Crippen LogP contribution in [0.25, 0.3) is 27.7 Å². The number of para-hydroxylation sites is 1. The minimum Gasteiger partial charge on any atom is -0.457 e. The van der Waals surface area contributed by atoms with Crippen LogP contribution in [0.2, 0.25) is 0 Å². The highest BCUT2D eigenvalue weighted by Gasteiger charge is 2.38. The highest BCUT2D eigenvalue weighted by Crippen LogP contribution is 2.45. The van der Waals surface area contributed by atoms with Gasteiger partial charge in [0, 0.05) is 22.4 Å². The maximum atomic E-state index is 14.6. The summed E-state index contributed by atoms with van der Waals surface area (Å²) in [6.45, 7) is 2.98. The Balaban J connectivity index is 1.40. The highest BCUT2D eigenvalue weighted by molar-refractivity contribution is 5.80. The van der Waals surface area contributed by atoms with E-state index in [-0.39, 0.29) is 39.9 Å². The normalized spacial score (nSPS) is 11.7. The average molecular weight is 603 g/mol. The molecule has 0 aliphatic carbocycles. The largest absolute Gasteiger partial charge is 0.457 e. The van der Waals surface area contributed by atoms with E-state index in [9.17, 15) is 26.7 Å². The van der Waals surface area contributed by atoms with Crippen LogP contribution in [0.1, 0.15) is 22.4 Å². The first kappa shape index (κ1) is 28.8. The second kappa shape index (κ2) is 11.1. The number of aryl methyl sites for hydroxylation is 1. The zero-order valence-electron chi connectivity index (χ0n) is 23.4. The number of hydrogen-bond acceptors (Lipinski definition) is 4. The van der Waals surface area contributed by atoms with Gasteiger partial charge in [0.2, 0.25) is 0 Å². The molecule has 0 spiro atoms. The molecule has 44 heavy (non-hydrogen) atoms. The van der Waals surface area contributed by atoms with Gasteiger partial charge in [0.15, 0.2) is 0 Å². The smallest absolute Gasteiger partial charge is 0.420 e. The van der Waals surface area contributed by atoms with Crippen molar-refractivity contribution in [2.45, 2.75) is 26.6 Å². The van der Waals surface area contributed by atoms with E-state index in [0.717, 1.165) is 6.33 Å². The Morgan fingerprint density at radius 3 is 2.30 bits per heavy atom. The van der Waals surface area contributed by atoms with E-state index in [1.54, 1.807) is 42.8 Å². The summed E-state index contributed by atoms with van der Waals surface area (Å²) < 4.78 is 81.5. The summed E-state index contributed by atoms with van der Waals surface area (Å²) in [4.78, 5) is 16.5. The number of fused-ring (bicyclic) bond motifs is 1. The van der Waals surface area contributed by atoms with E-state index in [0.29, 0.717) is 16.9 Å². The summed E-state index contributed by atoms with van der Waals surface area (Å²) in [6.07, 6.45) is -2.27. The van der Waals surface area contributed by atoms with Crippen molar-refractivity contribution in [1.82, 2.24) is 19.3 Å². The number of hydrogen-bond donors (Lipinski definition) is 0. The lowest BCUT2D eigenvalue weighted by Crippen LogP contribution is -2.14. The predicted molar refractivity (Wildman–Crippen MR) is 155 cm³/mol. The van der Waals surface area contributed by atoms with Crippen LogP contribution < -0.4 is 10.3 Å². The van der Waals surface area contributed by atoms with Gasteiger partial charge in [-0.2, -0.15) is 23.3 Å². The molecule has 0 N–H and O–H groups in total. The molecule has 0 radical (unpaired) electrons. The standard InChI is InChI=1S/C33H23F5N4O2/c1-19-13-27(34)26(28(35)14-19)17-41-18-39-32(43)24-15-22(11-12-29(24)41)44-30-10-6-9-23(31(30)33(36,37)38)25-16-40-42(20(25)2)21-7-4-3-5-8-21/h3-16,18H,17H2,1-2H3. The lowest BCUT2D eigenvalue weighted by molar-refractivity contribution is -0.138. The van der Waals surface area contributed by atoms with Crippen molar-refractivity contribution in [2.75, 3.05) is 0 Å². The zero-order chi connectivity index (χ0) is 31.2. The Morgan fingerprint density at radius 1 is 0.864 bits per heavy atom. The van der Waals surface area contributed by atoms with Gasteiger partial charge in [0.1, 0.15) is 28.7 Å². The van der Waals surface area contributed by atoms with Crippen LogP contribution in [0.4, 0.5) is 22.0 Å². The fourth-order valence-electron chi connectivity index (χ4n) is 5.19. The van der Waals surface area contributed by atoms with Gasteiger partial charge in [-0.15, -0.1) is 0 Å². The van der Waals surface area contributed by atoms with Crippen LogP contribution in [0.5, 0.6) is 11.5 Å². The van der Waals surface area contributed by atoms with Crippen molar-refractivity contribution in [3.8, 4) is 28.3 Å². The number of nitrogens with zero attached hydrogens (tertiary/aromatic N) is 4. The second-order valence-electron chi connectivity index (χ2n) is 10.2. The third kappa shape index (κ3) is 5.32. The molecule has 2 aromatic heterocycles. The van der Waals surface area contributed by atoms with Gasteiger partial charge in [-0.1, -0.05) is 30.3 Å². The predicted octanol–water partition coefficient (Wildman–Crippen LogP) is 8.00. The highest BCUT2D eigenvalue weighted by atomic mass is 19.4. The van der Waals surface area contributed by atoms with Gasteiger partial charge in [-0.25, -0.2) is 13.5 Å². The summed E-state index contributed by atoms with van der Waals surface area (Å²) >= 11 is 0. The molecule has 0 saturated heterocycles. The molecule has 4 aromatic carbocycles. The van der Waals surface area contributed by atoms with E-state index in [4.69, 9.17) is 4.74 Å². The monoisotopic (exact) mass is 602 g/mol. The molecular formula is C33H23F5N4O2. The summed E-state index contributed by atoms with van der Waals surface area (Å²) in [5, 5.41) is 4.32. The molecule has 6 rings (SSSR count). The Hall–Kier alpha value is -5.32. The van der Waals surface area contributed by atoms with Crippen LogP contribution in [0.15, 0.2) is 96.2 Å². The second-order valence-corrected chi connectivity index (χ2v) is 10.2. The SMILES string of the molecule is Cc1cc(F)c(Cn2cnc(=O)c3cc(Oc4cccc(-c5cnn(-c6ccccc6)c5C)c4C(F)(F)F)ccc32)c(F)c1. The molecule has 0 fully saturated rings. The number of ether oxygens (including phenoxy) is 1. The third-order valence-electron chi connectivity index (χ3n) is 7.27. The fourth-order valence-corrected chi connectivity index (χ4v) is 5.19. The zero-order valence-corrected chi connectivity index (χ0v) is 23.4. The molecule has 0 aliphatic rings. The summed E-state index contributed by atoms with van der Waals surface area (Å²) in [6, 6.07) is 19.5. The minimum atomic E-state index is -4.81. The maximum absolute atomic E-state index is 14.6. The molecule has 0 saturated carbocycles. The van der Waals surface area contributed by atoms with Gasteiger partial charge in [-0.3, -0.25) is 4.79 Å². The van der Waals surface area contributed by atoms with E-state index in [1.807, 2.05) is 6.07 Å². The van der Waals surface area contributed by atoms with Crippen molar-refractivity contribution in [3.05, 3.63) is 136 Å². The molecule has 0 amide bonds. The molecule has 0 bridgehead atoms. The fraction of sp³-hybridized carbons (Fsp3) is 0.121. The van der Waals surface area contributed by atoms with Crippen molar-refractivity contribution in [3.63, 3.8) is 0 Å². The van der Waals surface area contributed by atoms with Crippen LogP contribution >= 0.6 is 0 Å². The number of alkyl halides is 3. The number of halogens is 5. The van der Waals surface area contributed by atoms with E-state index >= 15 is 0 Å². The molecule has 11 heteroatoms. The van der Waals surface area contributed by atoms with Gasteiger partial charge >= 0.3 is 6.18 Å². The Kier molecular flexibility index (Phi) is 7.24. The molecule has 0 atom stereocenters. The minimum absolute atomic E-state index is 0.00243. The van der Waals surface area contributed by atoms with Crippen molar-refractivity contribution >= 4 is 10.9 Å². The Morgan fingerprint density at radius 2 is 1.59 bits per heavy atom. The topological polar surface area (TPSA) is 61.9 Å². The average Bonchev–Trinajstić information content (AvgIpc) is 3.37. The number of rotatable bonds is 6.